The lowest BCUT2D eigenvalue weighted by Gasteiger charge is -2.22. The molecule has 1 amide bonds. The third kappa shape index (κ3) is 4.81. The van der Waals surface area contributed by atoms with Crippen LogP contribution in [0.2, 0.25) is 0 Å². The molecule has 5 nitrogen and oxygen atoms in total. The second-order valence-corrected chi connectivity index (χ2v) is 6.88. The second kappa shape index (κ2) is 8.29. The van der Waals surface area contributed by atoms with Crippen LogP contribution in [0.4, 0.5) is 0 Å². The molecule has 24 heavy (non-hydrogen) atoms. The molecular formula is C19H28N2O3. The molecule has 1 saturated heterocycles. The fraction of sp³-hybridized carbons (Fsp3) is 0.579. The molecule has 1 aromatic carbocycles. The maximum absolute atomic E-state index is 12.3. The van der Waals surface area contributed by atoms with E-state index in [0.29, 0.717) is 25.3 Å². The molecule has 0 radical (unpaired) electrons. The van der Waals surface area contributed by atoms with E-state index < -0.39 is 0 Å². The minimum Gasteiger partial charge on any atom is -0.494 e. The summed E-state index contributed by atoms with van der Waals surface area (Å²) in [6.45, 7) is 6.84. The van der Waals surface area contributed by atoms with Crippen LogP contribution in [-0.4, -0.2) is 42.8 Å². The Morgan fingerprint density at radius 2 is 1.96 bits per heavy atom. The van der Waals surface area contributed by atoms with E-state index in [1.165, 1.54) is 0 Å². The summed E-state index contributed by atoms with van der Waals surface area (Å²) >= 11 is 0. The van der Waals surface area contributed by atoms with Gasteiger partial charge in [-0.25, -0.2) is 0 Å². The average molecular weight is 332 g/mol. The highest BCUT2D eigenvalue weighted by Crippen LogP contribution is 2.29. The van der Waals surface area contributed by atoms with Crippen molar-refractivity contribution in [2.75, 3.05) is 26.2 Å². The summed E-state index contributed by atoms with van der Waals surface area (Å²) in [6.07, 6.45) is 2.38. The van der Waals surface area contributed by atoms with Crippen LogP contribution in [-0.2, 0) is 4.79 Å². The van der Waals surface area contributed by atoms with Gasteiger partial charge < -0.3 is 15.4 Å². The molecule has 1 heterocycles. The molecule has 2 rings (SSSR count). The number of Topliss-reactive ketones (excluding diaryl/α,β-unsaturated/α-hetero) is 1. The van der Waals surface area contributed by atoms with E-state index >= 15 is 0 Å². The molecule has 1 aliphatic rings. The number of benzene rings is 1. The molecule has 0 spiro atoms. The minimum absolute atomic E-state index is 0.00817. The molecule has 1 unspecified atom stereocenters. The molecule has 1 aromatic rings. The first kappa shape index (κ1) is 18.5. The third-order valence-corrected chi connectivity index (χ3v) is 4.62. The van der Waals surface area contributed by atoms with E-state index in [9.17, 15) is 9.59 Å². The van der Waals surface area contributed by atoms with Crippen molar-refractivity contribution >= 4 is 11.7 Å². The molecular weight excluding hydrogens is 304 g/mol. The molecule has 2 N–H and O–H groups in total. The van der Waals surface area contributed by atoms with Gasteiger partial charge in [0.2, 0.25) is 5.91 Å². The van der Waals surface area contributed by atoms with Crippen LogP contribution in [0.15, 0.2) is 24.3 Å². The maximum atomic E-state index is 12.3. The molecule has 0 aromatic heterocycles. The SMILES string of the molecule is CCCOc1ccc(C(=O)CCC(=O)N2CCC(C)(CN)C2)cc1. The van der Waals surface area contributed by atoms with Crippen LogP contribution in [0.1, 0.15) is 49.9 Å². The number of ether oxygens (including phenoxy) is 1. The Hall–Kier alpha value is -1.88. The van der Waals surface area contributed by atoms with Gasteiger partial charge in [0.1, 0.15) is 5.75 Å². The van der Waals surface area contributed by atoms with Crippen molar-refractivity contribution in [2.24, 2.45) is 11.1 Å². The summed E-state index contributed by atoms with van der Waals surface area (Å²) < 4.78 is 5.50. The van der Waals surface area contributed by atoms with E-state index in [1.54, 1.807) is 24.3 Å². The Bertz CT molecular complexity index is 570. The number of rotatable bonds is 8. The Morgan fingerprint density at radius 3 is 2.54 bits per heavy atom. The van der Waals surface area contributed by atoms with Crippen LogP contribution < -0.4 is 10.5 Å². The summed E-state index contributed by atoms with van der Waals surface area (Å²) in [5.41, 5.74) is 6.42. The zero-order valence-electron chi connectivity index (χ0n) is 14.7. The molecule has 1 fully saturated rings. The summed E-state index contributed by atoms with van der Waals surface area (Å²) in [7, 11) is 0. The Labute approximate surface area is 144 Å². The van der Waals surface area contributed by atoms with Crippen molar-refractivity contribution in [1.29, 1.82) is 0 Å². The normalized spacial score (nSPS) is 20.2. The minimum atomic E-state index is -0.00817. The number of carbonyl (C=O) groups is 2. The topological polar surface area (TPSA) is 72.6 Å². The second-order valence-electron chi connectivity index (χ2n) is 6.88. The van der Waals surface area contributed by atoms with Gasteiger partial charge in [0.15, 0.2) is 5.78 Å². The first-order valence-corrected chi connectivity index (χ1v) is 8.71. The fourth-order valence-corrected chi connectivity index (χ4v) is 2.88. The van der Waals surface area contributed by atoms with Gasteiger partial charge in [0.05, 0.1) is 6.61 Å². The molecule has 132 valence electrons. The monoisotopic (exact) mass is 332 g/mol. The first-order valence-electron chi connectivity index (χ1n) is 8.71. The molecule has 1 aliphatic heterocycles. The van der Waals surface area contributed by atoms with Crippen molar-refractivity contribution in [2.45, 2.75) is 39.5 Å². The van der Waals surface area contributed by atoms with Crippen molar-refractivity contribution in [3.05, 3.63) is 29.8 Å². The summed E-state index contributed by atoms with van der Waals surface area (Å²) in [5, 5.41) is 0. The zero-order valence-corrected chi connectivity index (χ0v) is 14.7. The summed E-state index contributed by atoms with van der Waals surface area (Å²) in [4.78, 5) is 26.3. The maximum Gasteiger partial charge on any atom is 0.223 e. The summed E-state index contributed by atoms with van der Waals surface area (Å²) in [5.74, 6) is 0.803. The average Bonchev–Trinajstić information content (AvgIpc) is 3.01. The highest BCUT2D eigenvalue weighted by atomic mass is 16.5. The number of amides is 1. The number of hydrogen-bond acceptors (Lipinski definition) is 4. The Kier molecular flexibility index (Phi) is 6.37. The lowest BCUT2D eigenvalue weighted by atomic mass is 9.90. The predicted octanol–water partition coefficient (Wildman–Crippen LogP) is 2.64. The van der Waals surface area contributed by atoms with E-state index in [0.717, 1.165) is 25.1 Å². The molecule has 1 atom stereocenters. The highest BCUT2D eigenvalue weighted by molar-refractivity contribution is 5.98. The molecule has 0 bridgehead atoms. The zero-order chi connectivity index (χ0) is 17.6. The molecule has 0 aliphatic carbocycles. The van der Waals surface area contributed by atoms with Crippen LogP contribution in [0.25, 0.3) is 0 Å². The van der Waals surface area contributed by atoms with Gasteiger partial charge >= 0.3 is 0 Å². The van der Waals surface area contributed by atoms with Gasteiger partial charge in [-0.1, -0.05) is 13.8 Å². The Balaban J connectivity index is 1.81. The van der Waals surface area contributed by atoms with Crippen molar-refractivity contribution in [1.82, 2.24) is 4.90 Å². The van der Waals surface area contributed by atoms with Crippen LogP contribution in [0.5, 0.6) is 5.75 Å². The van der Waals surface area contributed by atoms with Crippen LogP contribution in [0, 0.1) is 5.41 Å². The number of ketones is 1. The van der Waals surface area contributed by atoms with Gasteiger partial charge in [-0.3, -0.25) is 9.59 Å². The smallest absolute Gasteiger partial charge is 0.223 e. The van der Waals surface area contributed by atoms with E-state index in [-0.39, 0.29) is 29.9 Å². The van der Waals surface area contributed by atoms with E-state index in [2.05, 4.69) is 6.92 Å². The highest BCUT2D eigenvalue weighted by Gasteiger charge is 2.34. The van der Waals surface area contributed by atoms with Crippen molar-refractivity contribution < 1.29 is 14.3 Å². The van der Waals surface area contributed by atoms with Crippen LogP contribution >= 0.6 is 0 Å². The fourth-order valence-electron chi connectivity index (χ4n) is 2.88. The Morgan fingerprint density at radius 1 is 1.25 bits per heavy atom. The van der Waals surface area contributed by atoms with Gasteiger partial charge in [-0.2, -0.15) is 0 Å². The molecule has 0 saturated carbocycles. The largest absolute Gasteiger partial charge is 0.494 e. The number of nitrogens with two attached hydrogens (primary N) is 1. The summed E-state index contributed by atoms with van der Waals surface area (Å²) in [6, 6.07) is 7.13. The lowest BCUT2D eigenvalue weighted by Crippen LogP contribution is -2.34. The van der Waals surface area contributed by atoms with Gasteiger partial charge in [-0.05, 0) is 49.1 Å². The van der Waals surface area contributed by atoms with Gasteiger partial charge in [-0.15, -0.1) is 0 Å². The standard InChI is InChI=1S/C19H28N2O3/c1-3-12-24-16-6-4-15(5-7-16)17(22)8-9-18(23)21-11-10-19(2,13-20)14-21/h4-7H,3,8-14,20H2,1-2H3. The van der Waals surface area contributed by atoms with Crippen molar-refractivity contribution in [3.63, 3.8) is 0 Å². The molecule has 5 heteroatoms. The first-order chi connectivity index (χ1) is 11.5. The van der Waals surface area contributed by atoms with Crippen LogP contribution in [0.3, 0.4) is 0 Å². The number of likely N-dealkylation sites (tertiary alicyclic amines) is 1. The lowest BCUT2D eigenvalue weighted by molar-refractivity contribution is -0.130. The van der Waals surface area contributed by atoms with Crippen molar-refractivity contribution in [3.8, 4) is 5.75 Å². The van der Waals surface area contributed by atoms with Gasteiger partial charge in [0.25, 0.3) is 0 Å². The number of carbonyl (C=O) groups excluding carboxylic acids is 2. The van der Waals surface area contributed by atoms with Gasteiger partial charge in [0, 0.05) is 31.5 Å². The number of hydrogen-bond donors (Lipinski definition) is 1. The quantitative estimate of drug-likeness (QED) is 0.743. The van der Waals surface area contributed by atoms with E-state index in [1.807, 2.05) is 11.8 Å². The third-order valence-electron chi connectivity index (χ3n) is 4.62. The van der Waals surface area contributed by atoms with E-state index in [4.69, 9.17) is 10.5 Å². The number of nitrogens with zero attached hydrogens (tertiary/aromatic N) is 1. The predicted molar refractivity (Wildman–Crippen MR) is 94.2 cm³/mol.